The molecular weight excluding hydrogens is 172 g/mol. The van der Waals surface area contributed by atoms with Crippen molar-refractivity contribution in [1.29, 1.82) is 0 Å². The Hall–Kier alpha value is -0.340. The third-order valence-electron chi connectivity index (χ3n) is 3.08. The molecule has 82 valence electrons. The normalized spacial score (nSPS) is 22.2. The van der Waals surface area contributed by atoms with E-state index in [0.29, 0.717) is 5.41 Å². The Morgan fingerprint density at radius 1 is 1.36 bits per heavy atom. The standard InChI is InChI=1S/C12H24N2/c1-11(9-13-4)10-14-7-5-12(2,3)6-8-14/h13H,1,5-10H2,2-4H3. The van der Waals surface area contributed by atoms with Crippen molar-refractivity contribution < 1.29 is 0 Å². The summed E-state index contributed by atoms with van der Waals surface area (Å²) < 4.78 is 0. The van der Waals surface area contributed by atoms with Crippen molar-refractivity contribution in [1.82, 2.24) is 10.2 Å². The Morgan fingerprint density at radius 3 is 2.43 bits per heavy atom. The lowest BCUT2D eigenvalue weighted by atomic mass is 9.82. The number of nitrogens with one attached hydrogen (secondary N) is 1. The molecule has 1 saturated heterocycles. The monoisotopic (exact) mass is 196 g/mol. The minimum absolute atomic E-state index is 0.556. The molecule has 1 heterocycles. The molecule has 0 aliphatic carbocycles. The van der Waals surface area contributed by atoms with E-state index in [-0.39, 0.29) is 0 Å². The molecule has 0 aromatic heterocycles. The van der Waals surface area contributed by atoms with E-state index in [2.05, 4.69) is 30.6 Å². The SMILES string of the molecule is C=C(CNC)CN1CCC(C)(C)CC1. The molecule has 0 unspecified atom stereocenters. The topological polar surface area (TPSA) is 15.3 Å². The Labute approximate surface area is 88.4 Å². The van der Waals surface area contributed by atoms with E-state index in [0.717, 1.165) is 13.1 Å². The molecule has 1 fully saturated rings. The van der Waals surface area contributed by atoms with E-state index in [1.54, 1.807) is 0 Å². The molecule has 0 amide bonds. The molecule has 1 rings (SSSR count). The largest absolute Gasteiger partial charge is 0.316 e. The minimum Gasteiger partial charge on any atom is -0.316 e. The van der Waals surface area contributed by atoms with Crippen LogP contribution in [0.3, 0.4) is 0 Å². The first-order valence-corrected chi connectivity index (χ1v) is 5.57. The van der Waals surface area contributed by atoms with Crippen molar-refractivity contribution in [3.8, 4) is 0 Å². The van der Waals surface area contributed by atoms with E-state index in [4.69, 9.17) is 0 Å². The fourth-order valence-corrected chi connectivity index (χ4v) is 1.94. The minimum atomic E-state index is 0.556. The highest BCUT2D eigenvalue weighted by Gasteiger charge is 2.24. The Morgan fingerprint density at radius 2 is 1.93 bits per heavy atom. The lowest BCUT2D eigenvalue weighted by molar-refractivity contribution is 0.141. The van der Waals surface area contributed by atoms with Crippen LogP contribution in [0.5, 0.6) is 0 Å². The van der Waals surface area contributed by atoms with Crippen molar-refractivity contribution in [2.75, 3.05) is 33.2 Å². The highest BCUT2D eigenvalue weighted by molar-refractivity contribution is 5.00. The maximum absolute atomic E-state index is 4.07. The first kappa shape index (κ1) is 11.7. The lowest BCUT2D eigenvalue weighted by Crippen LogP contribution is -2.39. The average Bonchev–Trinajstić information content (AvgIpc) is 2.09. The molecule has 14 heavy (non-hydrogen) atoms. The van der Waals surface area contributed by atoms with Gasteiger partial charge in [-0.1, -0.05) is 20.4 Å². The van der Waals surface area contributed by atoms with Crippen LogP contribution in [-0.4, -0.2) is 38.1 Å². The highest BCUT2D eigenvalue weighted by atomic mass is 15.1. The van der Waals surface area contributed by atoms with Crippen LogP contribution in [0.25, 0.3) is 0 Å². The van der Waals surface area contributed by atoms with Gasteiger partial charge in [-0.2, -0.15) is 0 Å². The molecule has 0 radical (unpaired) electrons. The zero-order chi connectivity index (χ0) is 10.6. The second-order valence-electron chi connectivity index (χ2n) is 5.22. The molecule has 2 heteroatoms. The van der Waals surface area contributed by atoms with Gasteiger partial charge >= 0.3 is 0 Å². The van der Waals surface area contributed by atoms with E-state index in [9.17, 15) is 0 Å². The van der Waals surface area contributed by atoms with E-state index in [1.807, 2.05) is 7.05 Å². The fourth-order valence-electron chi connectivity index (χ4n) is 1.94. The predicted molar refractivity (Wildman–Crippen MR) is 62.5 cm³/mol. The lowest BCUT2D eigenvalue weighted by Gasteiger charge is -2.37. The Balaban J connectivity index is 2.25. The number of rotatable bonds is 4. The van der Waals surface area contributed by atoms with E-state index >= 15 is 0 Å². The van der Waals surface area contributed by atoms with Gasteiger partial charge in [0.15, 0.2) is 0 Å². The van der Waals surface area contributed by atoms with Crippen LogP contribution < -0.4 is 5.32 Å². The van der Waals surface area contributed by atoms with Gasteiger partial charge in [-0.25, -0.2) is 0 Å². The van der Waals surface area contributed by atoms with Gasteiger partial charge in [0.05, 0.1) is 0 Å². The number of hydrogen-bond donors (Lipinski definition) is 1. The molecule has 0 spiro atoms. The second-order valence-corrected chi connectivity index (χ2v) is 5.22. The molecule has 1 aliphatic rings. The van der Waals surface area contributed by atoms with Crippen LogP contribution >= 0.6 is 0 Å². The Kier molecular flexibility index (Phi) is 4.14. The van der Waals surface area contributed by atoms with Gasteiger partial charge in [-0.3, -0.25) is 4.90 Å². The number of nitrogens with zero attached hydrogens (tertiary/aromatic N) is 1. The van der Waals surface area contributed by atoms with Crippen molar-refractivity contribution >= 4 is 0 Å². The summed E-state index contributed by atoms with van der Waals surface area (Å²) in [6, 6.07) is 0. The van der Waals surface area contributed by atoms with Crippen LogP contribution in [0.4, 0.5) is 0 Å². The summed E-state index contributed by atoms with van der Waals surface area (Å²) in [5.74, 6) is 0. The van der Waals surface area contributed by atoms with Gasteiger partial charge in [0.2, 0.25) is 0 Å². The van der Waals surface area contributed by atoms with Crippen molar-refractivity contribution in [3.05, 3.63) is 12.2 Å². The van der Waals surface area contributed by atoms with Gasteiger partial charge in [0.25, 0.3) is 0 Å². The maximum atomic E-state index is 4.07. The van der Waals surface area contributed by atoms with Gasteiger partial charge in [0.1, 0.15) is 0 Å². The third kappa shape index (κ3) is 3.81. The third-order valence-corrected chi connectivity index (χ3v) is 3.08. The summed E-state index contributed by atoms with van der Waals surface area (Å²) in [5.41, 5.74) is 1.85. The molecular formula is C12H24N2. The fraction of sp³-hybridized carbons (Fsp3) is 0.833. The van der Waals surface area contributed by atoms with E-state index < -0.39 is 0 Å². The van der Waals surface area contributed by atoms with Gasteiger partial charge in [0, 0.05) is 13.1 Å². The van der Waals surface area contributed by atoms with Crippen LogP contribution in [0.1, 0.15) is 26.7 Å². The van der Waals surface area contributed by atoms with Crippen LogP contribution in [0, 0.1) is 5.41 Å². The second kappa shape index (κ2) is 4.94. The zero-order valence-corrected chi connectivity index (χ0v) is 9.90. The van der Waals surface area contributed by atoms with Gasteiger partial charge in [-0.15, -0.1) is 0 Å². The highest BCUT2D eigenvalue weighted by Crippen LogP contribution is 2.29. The number of piperidine rings is 1. The van der Waals surface area contributed by atoms with Gasteiger partial charge in [-0.05, 0) is 44.0 Å². The van der Waals surface area contributed by atoms with E-state index in [1.165, 1.54) is 31.5 Å². The summed E-state index contributed by atoms with van der Waals surface area (Å²) in [7, 11) is 1.98. The van der Waals surface area contributed by atoms with Crippen LogP contribution in [0.2, 0.25) is 0 Å². The number of likely N-dealkylation sites (N-methyl/N-ethyl adjacent to an activating group) is 1. The van der Waals surface area contributed by atoms with Crippen molar-refractivity contribution in [3.63, 3.8) is 0 Å². The molecule has 0 aromatic carbocycles. The first-order chi connectivity index (χ1) is 6.53. The van der Waals surface area contributed by atoms with Crippen molar-refractivity contribution in [2.24, 2.45) is 5.41 Å². The van der Waals surface area contributed by atoms with Crippen LogP contribution in [-0.2, 0) is 0 Å². The number of likely N-dealkylation sites (tertiary alicyclic amines) is 1. The first-order valence-electron chi connectivity index (χ1n) is 5.57. The maximum Gasteiger partial charge on any atom is 0.0202 e. The summed E-state index contributed by atoms with van der Waals surface area (Å²) in [6.45, 7) is 13.3. The van der Waals surface area contributed by atoms with Crippen LogP contribution in [0.15, 0.2) is 12.2 Å². The number of hydrogen-bond acceptors (Lipinski definition) is 2. The molecule has 0 saturated carbocycles. The molecule has 1 aliphatic heterocycles. The summed E-state index contributed by atoms with van der Waals surface area (Å²) in [6.07, 6.45) is 2.64. The predicted octanol–water partition coefficient (Wildman–Crippen LogP) is 1.88. The molecule has 0 atom stereocenters. The molecule has 0 aromatic rings. The summed E-state index contributed by atoms with van der Waals surface area (Å²) in [4.78, 5) is 2.52. The molecule has 2 nitrogen and oxygen atoms in total. The smallest absolute Gasteiger partial charge is 0.0202 e. The summed E-state index contributed by atoms with van der Waals surface area (Å²) >= 11 is 0. The zero-order valence-electron chi connectivity index (χ0n) is 9.90. The summed E-state index contributed by atoms with van der Waals surface area (Å²) in [5, 5.41) is 3.15. The quantitative estimate of drug-likeness (QED) is 0.691. The molecule has 1 N–H and O–H groups in total. The average molecular weight is 196 g/mol. The molecule has 0 bridgehead atoms. The van der Waals surface area contributed by atoms with Gasteiger partial charge < -0.3 is 5.32 Å². The Bertz CT molecular complexity index is 186. The van der Waals surface area contributed by atoms with Crippen molar-refractivity contribution in [2.45, 2.75) is 26.7 Å².